The van der Waals surface area contributed by atoms with Crippen LogP contribution in [0.15, 0.2) is 30.6 Å². The van der Waals surface area contributed by atoms with E-state index in [1.165, 1.54) is 0 Å². The molecule has 0 aliphatic carbocycles. The molecule has 14 heavy (non-hydrogen) atoms. The van der Waals surface area contributed by atoms with Crippen LogP contribution in [0.3, 0.4) is 0 Å². The normalized spacial score (nSPS) is 10.7. The zero-order chi connectivity index (χ0) is 10.6. The summed E-state index contributed by atoms with van der Waals surface area (Å²) in [6.45, 7) is 0. The van der Waals surface area contributed by atoms with Gasteiger partial charge in [-0.2, -0.15) is 0 Å². The van der Waals surface area contributed by atoms with Gasteiger partial charge in [0.2, 0.25) is 0 Å². The van der Waals surface area contributed by atoms with Crippen molar-refractivity contribution in [1.29, 1.82) is 0 Å². The van der Waals surface area contributed by atoms with Crippen LogP contribution in [0, 0.1) is 0 Å². The number of hydrogen-bond acceptors (Lipinski definition) is 3. The van der Waals surface area contributed by atoms with E-state index in [0.717, 1.165) is 11.0 Å². The van der Waals surface area contributed by atoms with Gasteiger partial charge in [0.1, 0.15) is 0 Å². The molecule has 0 atom stereocenters. The van der Waals surface area contributed by atoms with Crippen molar-refractivity contribution in [3.05, 3.63) is 30.6 Å². The first kappa shape index (κ1) is 11.3. The number of halogens is 1. The number of H-pyrrole nitrogens is 1. The summed E-state index contributed by atoms with van der Waals surface area (Å²) in [5.74, 6) is 0. The van der Waals surface area contributed by atoms with Crippen LogP contribution in [0.2, 0.25) is 0 Å². The first-order valence-corrected chi connectivity index (χ1v) is 8.28. The van der Waals surface area contributed by atoms with E-state index in [0.29, 0.717) is 0 Å². The van der Waals surface area contributed by atoms with E-state index in [2.05, 4.69) is 9.97 Å². The Labute approximate surface area is 88.9 Å². The van der Waals surface area contributed by atoms with Crippen molar-refractivity contribution >= 4 is 25.1 Å². The van der Waals surface area contributed by atoms with Crippen molar-refractivity contribution in [2.45, 2.75) is 0 Å². The molecule has 0 aliphatic rings. The first-order chi connectivity index (χ1) is 6.47. The zero-order valence-electron chi connectivity index (χ0n) is 6.88. The number of imidazole rings is 1. The van der Waals surface area contributed by atoms with E-state index in [-0.39, 0.29) is 0 Å². The number of nitrogens with one attached hydrogen (secondary N) is 1. The summed E-state index contributed by atoms with van der Waals surface area (Å²) in [6, 6.07) is 7.94. The van der Waals surface area contributed by atoms with Gasteiger partial charge in [0.15, 0.2) is 0 Å². The molecule has 5 nitrogen and oxygen atoms in total. The molecular formula is C7H7BrCrN2O3. The van der Waals surface area contributed by atoms with Crippen molar-refractivity contribution in [2.75, 3.05) is 0 Å². The minimum atomic E-state index is -4.44. The third-order valence-electron chi connectivity index (χ3n) is 1.33. The average molecular weight is 299 g/mol. The monoisotopic (exact) mass is 298 g/mol. The molecule has 1 aromatic heterocycles. The molecular weight excluding hydrogens is 292 g/mol. The molecule has 2 N–H and O–H groups in total. The maximum Gasteiger partial charge on any atom is 0.0931 e. The Kier molecular flexibility index (Phi) is 3.78. The second kappa shape index (κ2) is 4.66. The third kappa shape index (κ3) is 4.49. The van der Waals surface area contributed by atoms with Crippen LogP contribution < -0.4 is 0 Å². The number of hydrogen-bond donors (Lipinski definition) is 2. The largest absolute Gasteiger partial charge is 0.345 e. The third-order valence-corrected chi connectivity index (χ3v) is 1.33. The number of fused-ring (bicyclic) bond motifs is 1. The predicted octanol–water partition coefficient (Wildman–Crippen LogP) is 1.61. The number of benzene rings is 1. The predicted molar refractivity (Wildman–Crippen MR) is 48.6 cm³/mol. The molecule has 0 unspecified atom stereocenters. The van der Waals surface area contributed by atoms with Gasteiger partial charge in [-0.05, 0) is 12.1 Å². The smallest absolute Gasteiger partial charge is 0.0931 e. The van der Waals surface area contributed by atoms with E-state index in [9.17, 15) is 7.61 Å². The van der Waals surface area contributed by atoms with Crippen LogP contribution >= 0.6 is 14.1 Å². The second-order valence-corrected chi connectivity index (χ2v) is 6.99. The molecule has 0 saturated heterocycles. The van der Waals surface area contributed by atoms with Crippen LogP contribution in [0.4, 0.5) is 0 Å². The molecule has 1 aromatic carbocycles. The van der Waals surface area contributed by atoms with Crippen molar-refractivity contribution in [2.24, 2.45) is 0 Å². The van der Waals surface area contributed by atoms with Gasteiger partial charge < -0.3 is 4.98 Å². The fraction of sp³-hybridized carbons (Fsp3) is 0. The van der Waals surface area contributed by atoms with E-state index in [1.807, 2.05) is 38.3 Å². The van der Waals surface area contributed by atoms with Gasteiger partial charge >= 0.3 is 37.3 Å². The summed E-state index contributed by atoms with van der Waals surface area (Å²) in [6.07, 6.45) is 1.70. The van der Waals surface area contributed by atoms with Crippen molar-refractivity contribution in [3.8, 4) is 0 Å². The minimum absolute atomic E-state index is 1.03. The first-order valence-electron chi connectivity index (χ1n) is 3.52. The summed E-state index contributed by atoms with van der Waals surface area (Å²) in [5, 5.41) is 0. The molecule has 2 rings (SSSR count). The summed E-state index contributed by atoms with van der Waals surface area (Å²) in [5.41, 5.74) is 2.12. The minimum Gasteiger partial charge on any atom is -0.345 e. The van der Waals surface area contributed by atoms with Crippen LogP contribution in [0.5, 0.6) is 0 Å². The molecule has 0 spiro atoms. The Morgan fingerprint density at radius 2 is 1.93 bits per heavy atom. The Hall–Kier alpha value is -0.738. The molecule has 7 heteroatoms. The Balaban J connectivity index is 0.000000171. The van der Waals surface area contributed by atoms with Gasteiger partial charge in [0.05, 0.1) is 17.4 Å². The van der Waals surface area contributed by atoms with Crippen LogP contribution in [0.1, 0.15) is 0 Å². The molecule has 0 amide bonds. The van der Waals surface area contributed by atoms with Gasteiger partial charge in [-0.15, -0.1) is 0 Å². The van der Waals surface area contributed by atoms with E-state index >= 15 is 0 Å². The van der Waals surface area contributed by atoms with Crippen molar-refractivity contribution in [3.63, 3.8) is 0 Å². The van der Waals surface area contributed by atoms with Crippen molar-refractivity contribution in [1.82, 2.24) is 9.97 Å². The van der Waals surface area contributed by atoms with Gasteiger partial charge in [0, 0.05) is 0 Å². The van der Waals surface area contributed by atoms with E-state index in [4.69, 9.17) is 4.16 Å². The summed E-state index contributed by atoms with van der Waals surface area (Å²) < 4.78 is 25.8. The van der Waals surface area contributed by atoms with Crippen LogP contribution in [-0.4, -0.2) is 14.1 Å². The van der Waals surface area contributed by atoms with Crippen molar-refractivity contribution < 1.29 is 23.2 Å². The topological polar surface area (TPSA) is 83.0 Å². The zero-order valence-corrected chi connectivity index (χ0v) is 9.74. The molecule has 0 bridgehead atoms. The number of aromatic nitrogens is 2. The molecule has 76 valence electrons. The number of para-hydroxylation sites is 2. The van der Waals surface area contributed by atoms with Gasteiger partial charge in [0.25, 0.3) is 0 Å². The maximum atomic E-state index is 9.18. The fourth-order valence-corrected chi connectivity index (χ4v) is 0.880. The number of nitrogens with zero attached hydrogens (tertiary/aromatic N) is 1. The summed E-state index contributed by atoms with van der Waals surface area (Å²) in [4.78, 5) is 7.07. The van der Waals surface area contributed by atoms with Gasteiger partial charge in [-0.25, -0.2) is 4.98 Å². The fourth-order valence-electron chi connectivity index (χ4n) is 0.880. The van der Waals surface area contributed by atoms with E-state index in [1.54, 1.807) is 6.33 Å². The average Bonchev–Trinajstić information content (AvgIpc) is 2.47. The Morgan fingerprint density at radius 3 is 2.50 bits per heavy atom. The molecule has 2 aromatic rings. The molecule has 0 radical (unpaired) electrons. The standard InChI is InChI=1S/C7H6N2.BrH.Cr.H2O.2O/c1-2-4-7-6(3-1)8-5-9-7;;;;;/h1-5H,(H,8,9);1H;;1H2;;/q;;+2;;;/p-2. The molecule has 0 fully saturated rings. The molecule has 0 saturated carbocycles. The Bertz CT molecular complexity index is 470. The summed E-state index contributed by atoms with van der Waals surface area (Å²) in [7, 11) is 0. The van der Waals surface area contributed by atoms with Crippen LogP contribution in [-0.2, 0) is 19.1 Å². The number of rotatable bonds is 0. The summed E-state index contributed by atoms with van der Waals surface area (Å²) >= 11 is -2.46. The SMILES string of the molecule is [O]=[Cr](=[O])([OH])[Br].c1ccc2[nH]cnc2c1. The second-order valence-electron chi connectivity index (χ2n) is 2.33. The Morgan fingerprint density at radius 1 is 1.36 bits per heavy atom. The quantitative estimate of drug-likeness (QED) is 0.774. The van der Waals surface area contributed by atoms with Crippen LogP contribution in [0.25, 0.3) is 11.0 Å². The molecule has 1 heterocycles. The number of aromatic amines is 1. The van der Waals surface area contributed by atoms with E-state index < -0.39 is 11.5 Å². The van der Waals surface area contributed by atoms with Gasteiger partial charge in [-0.3, -0.25) is 0 Å². The van der Waals surface area contributed by atoms with Gasteiger partial charge in [-0.1, -0.05) is 12.1 Å². The maximum absolute atomic E-state index is 9.18. The molecule has 0 aliphatic heterocycles.